The molecule has 1 aliphatic carbocycles. The summed E-state index contributed by atoms with van der Waals surface area (Å²) < 4.78 is 1.59. The molecule has 1 aromatic heterocycles. The van der Waals surface area contributed by atoms with Gasteiger partial charge in [0.15, 0.2) is 0 Å². The Morgan fingerprint density at radius 3 is 3.07 bits per heavy atom. The molecule has 0 aromatic carbocycles. The van der Waals surface area contributed by atoms with E-state index in [1.54, 1.807) is 10.9 Å². The van der Waals surface area contributed by atoms with Crippen LogP contribution in [0.1, 0.15) is 12.8 Å². The Hall–Kier alpha value is -1.43. The summed E-state index contributed by atoms with van der Waals surface area (Å²) >= 11 is 0. The first-order valence-electron chi connectivity index (χ1n) is 4.67. The minimum absolute atomic E-state index is 0.0866. The van der Waals surface area contributed by atoms with Gasteiger partial charge in [0.25, 0.3) is 0 Å². The summed E-state index contributed by atoms with van der Waals surface area (Å²) in [6, 6.07) is 2.08. The molecule has 0 atom stereocenters. The van der Waals surface area contributed by atoms with Crippen LogP contribution in [-0.4, -0.2) is 27.3 Å². The van der Waals surface area contributed by atoms with Gasteiger partial charge in [0.1, 0.15) is 0 Å². The molecule has 0 bridgehead atoms. The van der Waals surface area contributed by atoms with E-state index in [1.165, 1.54) is 18.9 Å². The van der Waals surface area contributed by atoms with Crippen LogP contribution in [0.4, 0.5) is 5.82 Å². The van der Waals surface area contributed by atoms with Gasteiger partial charge in [-0.3, -0.25) is 0 Å². The highest BCUT2D eigenvalue weighted by Gasteiger charge is 2.20. The Kier molecular flexibility index (Phi) is 2.45. The van der Waals surface area contributed by atoms with Crippen molar-refractivity contribution < 1.29 is 4.92 Å². The van der Waals surface area contributed by atoms with Gasteiger partial charge >= 0.3 is 5.82 Å². The second-order valence-corrected chi connectivity index (χ2v) is 3.42. The molecule has 14 heavy (non-hydrogen) atoms. The molecule has 1 aliphatic rings. The average molecular weight is 196 g/mol. The van der Waals surface area contributed by atoms with Gasteiger partial charge < -0.3 is 15.4 Å². The molecule has 0 unspecified atom stereocenters. The largest absolute Gasteiger partial charge is 0.389 e. The van der Waals surface area contributed by atoms with E-state index < -0.39 is 4.92 Å². The van der Waals surface area contributed by atoms with Crippen molar-refractivity contribution in [3.8, 4) is 0 Å². The summed E-state index contributed by atoms with van der Waals surface area (Å²) in [6.07, 6.45) is 4.13. The first-order valence-corrected chi connectivity index (χ1v) is 4.67. The van der Waals surface area contributed by atoms with Crippen LogP contribution in [0.2, 0.25) is 0 Å². The molecule has 0 spiro atoms. The molecule has 6 nitrogen and oxygen atoms in total. The standard InChI is InChI=1S/C8H12N4O2/c13-12(14)8-3-5-11(10-8)6-4-9-7-1-2-7/h3,5,7,9H,1-2,4,6H2. The zero-order valence-electron chi connectivity index (χ0n) is 7.72. The van der Waals surface area contributed by atoms with Crippen LogP contribution < -0.4 is 5.32 Å². The number of nitrogens with one attached hydrogen (secondary N) is 1. The molecule has 6 heteroatoms. The number of nitrogens with zero attached hydrogens (tertiary/aromatic N) is 3. The lowest BCUT2D eigenvalue weighted by molar-refractivity contribution is -0.389. The molecule has 0 radical (unpaired) electrons. The van der Waals surface area contributed by atoms with E-state index in [0.29, 0.717) is 12.6 Å². The van der Waals surface area contributed by atoms with Crippen molar-refractivity contribution in [1.82, 2.24) is 15.1 Å². The molecule has 1 saturated carbocycles. The van der Waals surface area contributed by atoms with Gasteiger partial charge in [-0.2, -0.15) is 4.68 Å². The summed E-state index contributed by atoms with van der Waals surface area (Å²) in [5.74, 6) is -0.0866. The van der Waals surface area contributed by atoms with Gasteiger partial charge in [-0.15, -0.1) is 0 Å². The lowest BCUT2D eigenvalue weighted by Gasteiger charge is -1.98. The zero-order valence-corrected chi connectivity index (χ0v) is 7.72. The molecule has 0 amide bonds. The Balaban J connectivity index is 1.79. The van der Waals surface area contributed by atoms with Crippen LogP contribution in [0.5, 0.6) is 0 Å². The van der Waals surface area contributed by atoms with Crippen molar-refractivity contribution >= 4 is 5.82 Å². The summed E-state index contributed by atoms with van der Waals surface area (Å²) in [4.78, 5) is 9.84. The molecular weight excluding hydrogens is 184 g/mol. The maximum Gasteiger partial charge on any atom is 0.389 e. The van der Waals surface area contributed by atoms with E-state index >= 15 is 0 Å². The summed E-state index contributed by atoms with van der Waals surface area (Å²) in [7, 11) is 0. The average Bonchev–Trinajstić information content (AvgIpc) is 2.82. The van der Waals surface area contributed by atoms with Crippen molar-refractivity contribution in [1.29, 1.82) is 0 Å². The predicted octanol–water partition coefficient (Wildman–Crippen LogP) is 0.543. The molecule has 1 aromatic rings. The normalized spacial score (nSPS) is 15.7. The molecule has 1 N–H and O–H groups in total. The maximum absolute atomic E-state index is 10.3. The van der Waals surface area contributed by atoms with Crippen LogP contribution >= 0.6 is 0 Å². The van der Waals surface area contributed by atoms with E-state index in [-0.39, 0.29) is 5.82 Å². The highest BCUT2D eigenvalue weighted by atomic mass is 16.6. The lowest BCUT2D eigenvalue weighted by atomic mass is 10.5. The van der Waals surface area contributed by atoms with Crippen LogP contribution in [-0.2, 0) is 6.54 Å². The fourth-order valence-electron chi connectivity index (χ4n) is 1.24. The minimum Gasteiger partial charge on any atom is -0.358 e. The van der Waals surface area contributed by atoms with Crippen molar-refractivity contribution in [2.45, 2.75) is 25.4 Å². The fraction of sp³-hybridized carbons (Fsp3) is 0.625. The summed E-state index contributed by atoms with van der Waals surface area (Å²) in [5.41, 5.74) is 0. The van der Waals surface area contributed by atoms with Crippen LogP contribution in [0, 0.1) is 10.1 Å². The molecule has 0 aliphatic heterocycles. The third kappa shape index (κ3) is 2.29. The first kappa shape index (κ1) is 9.14. The Bertz CT molecular complexity index is 332. The third-order valence-electron chi connectivity index (χ3n) is 2.16. The maximum atomic E-state index is 10.3. The minimum atomic E-state index is -0.481. The van der Waals surface area contributed by atoms with Crippen LogP contribution in [0.15, 0.2) is 12.3 Å². The van der Waals surface area contributed by atoms with Crippen molar-refractivity contribution in [2.24, 2.45) is 0 Å². The number of aromatic nitrogens is 2. The van der Waals surface area contributed by atoms with Gasteiger partial charge in [0.05, 0.1) is 23.9 Å². The summed E-state index contributed by atoms with van der Waals surface area (Å²) in [6.45, 7) is 1.51. The second kappa shape index (κ2) is 3.75. The van der Waals surface area contributed by atoms with E-state index in [9.17, 15) is 10.1 Å². The van der Waals surface area contributed by atoms with Crippen molar-refractivity contribution in [3.05, 3.63) is 22.4 Å². The second-order valence-electron chi connectivity index (χ2n) is 3.42. The van der Waals surface area contributed by atoms with Gasteiger partial charge in [-0.1, -0.05) is 0 Å². The highest BCUT2D eigenvalue weighted by Crippen LogP contribution is 2.18. The Labute approximate surface area is 81.1 Å². The third-order valence-corrected chi connectivity index (χ3v) is 2.16. The van der Waals surface area contributed by atoms with E-state index in [0.717, 1.165) is 6.54 Å². The Morgan fingerprint density at radius 1 is 1.71 bits per heavy atom. The Morgan fingerprint density at radius 2 is 2.50 bits per heavy atom. The van der Waals surface area contributed by atoms with Crippen LogP contribution in [0.25, 0.3) is 0 Å². The molecule has 1 heterocycles. The number of hydrogen-bond donors (Lipinski definition) is 1. The molecule has 1 fully saturated rings. The smallest absolute Gasteiger partial charge is 0.358 e. The highest BCUT2D eigenvalue weighted by molar-refractivity contribution is 5.13. The van der Waals surface area contributed by atoms with Gasteiger partial charge in [-0.25, -0.2) is 0 Å². The van der Waals surface area contributed by atoms with Gasteiger partial charge in [0.2, 0.25) is 0 Å². The summed E-state index contributed by atoms with van der Waals surface area (Å²) in [5, 5.41) is 17.4. The predicted molar refractivity (Wildman–Crippen MR) is 49.9 cm³/mol. The fourth-order valence-corrected chi connectivity index (χ4v) is 1.24. The molecule has 76 valence electrons. The van der Waals surface area contributed by atoms with Crippen molar-refractivity contribution in [3.63, 3.8) is 0 Å². The van der Waals surface area contributed by atoms with E-state index in [4.69, 9.17) is 0 Å². The molecule has 0 saturated heterocycles. The van der Waals surface area contributed by atoms with Gasteiger partial charge in [0, 0.05) is 12.6 Å². The van der Waals surface area contributed by atoms with E-state index in [1.807, 2.05) is 0 Å². The molecule has 2 rings (SSSR count). The number of nitro groups is 1. The SMILES string of the molecule is O=[N+]([O-])c1ccn(CCNC2CC2)n1. The zero-order chi connectivity index (χ0) is 9.97. The lowest BCUT2D eigenvalue weighted by Crippen LogP contribution is -2.22. The molecular formula is C8H12N4O2. The topological polar surface area (TPSA) is 73.0 Å². The van der Waals surface area contributed by atoms with E-state index in [2.05, 4.69) is 10.4 Å². The van der Waals surface area contributed by atoms with Crippen LogP contribution in [0.3, 0.4) is 0 Å². The van der Waals surface area contributed by atoms with Gasteiger partial charge in [-0.05, 0) is 17.8 Å². The number of hydrogen-bond acceptors (Lipinski definition) is 4. The quantitative estimate of drug-likeness (QED) is 0.551. The number of rotatable bonds is 5. The monoisotopic (exact) mass is 196 g/mol. The first-order chi connectivity index (χ1) is 6.75. The van der Waals surface area contributed by atoms with Crippen molar-refractivity contribution in [2.75, 3.05) is 6.54 Å².